The van der Waals surface area contributed by atoms with Crippen molar-refractivity contribution in [3.8, 4) is 0 Å². The molecule has 2 heterocycles. The largest absolute Gasteiger partial charge is 0.332 e. The molecule has 1 aromatic heterocycles. The third-order valence-electron chi connectivity index (χ3n) is 3.83. The smallest absolute Gasteiger partial charge is 0.273 e. The Morgan fingerprint density at radius 2 is 2.17 bits per heavy atom. The van der Waals surface area contributed by atoms with Crippen LogP contribution in [0.3, 0.4) is 0 Å². The Balaban J connectivity index is 0.00000144. The van der Waals surface area contributed by atoms with Crippen molar-refractivity contribution >= 4 is 42.1 Å². The van der Waals surface area contributed by atoms with Gasteiger partial charge in [-0.15, -0.1) is 36.2 Å². The highest BCUT2D eigenvalue weighted by Crippen LogP contribution is 2.19. The van der Waals surface area contributed by atoms with E-state index in [0.29, 0.717) is 24.2 Å². The van der Waals surface area contributed by atoms with Gasteiger partial charge in [-0.05, 0) is 18.6 Å². The van der Waals surface area contributed by atoms with Gasteiger partial charge in [-0.1, -0.05) is 18.2 Å². The second-order valence-corrected chi connectivity index (χ2v) is 6.39. The number of carbonyl (C=O) groups excluding carboxylic acids is 1. The maximum absolute atomic E-state index is 13.7. The average molecular weight is 392 g/mol. The van der Waals surface area contributed by atoms with Crippen molar-refractivity contribution in [3.63, 3.8) is 0 Å². The summed E-state index contributed by atoms with van der Waals surface area (Å²) in [7, 11) is 0. The molecular formula is C16H20Cl2FN3OS. The normalized spacial score (nSPS) is 16.9. The molecule has 0 spiro atoms. The second-order valence-electron chi connectivity index (χ2n) is 5.45. The minimum absolute atomic E-state index is 0. The van der Waals surface area contributed by atoms with Crippen molar-refractivity contribution in [2.24, 2.45) is 0 Å². The number of nitrogens with zero attached hydrogens (tertiary/aromatic N) is 2. The number of hydrogen-bond acceptors (Lipinski definition) is 4. The van der Waals surface area contributed by atoms with Gasteiger partial charge in [0.05, 0.1) is 5.01 Å². The van der Waals surface area contributed by atoms with Crippen LogP contribution in [-0.4, -0.2) is 41.5 Å². The summed E-state index contributed by atoms with van der Waals surface area (Å²) < 4.78 is 13.7. The van der Waals surface area contributed by atoms with Gasteiger partial charge in [-0.3, -0.25) is 4.79 Å². The Morgan fingerprint density at radius 1 is 1.42 bits per heavy atom. The molecule has 0 unspecified atom stereocenters. The minimum Gasteiger partial charge on any atom is -0.332 e. The first-order valence-corrected chi connectivity index (χ1v) is 8.22. The van der Waals surface area contributed by atoms with Crippen molar-refractivity contribution in [2.75, 3.05) is 19.6 Å². The number of aromatic nitrogens is 1. The molecule has 1 amide bonds. The van der Waals surface area contributed by atoms with Gasteiger partial charge >= 0.3 is 0 Å². The fourth-order valence-electron chi connectivity index (χ4n) is 2.58. The lowest BCUT2D eigenvalue weighted by Gasteiger charge is -2.33. The van der Waals surface area contributed by atoms with Gasteiger partial charge in [0.25, 0.3) is 5.91 Å². The summed E-state index contributed by atoms with van der Waals surface area (Å²) in [6.45, 7) is 4.33. The first-order valence-electron chi connectivity index (χ1n) is 7.34. The fourth-order valence-corrected chi connectivity index (χ4v) is 3.38. The summed E-state index contributed by atoms with van der Waals surface area (Å²) in [6.07, 6.45) is 0.418. The van der Waals surface area contributed by atoms with E-state index < -0.39 is 0 Å². The highest BCUT2D eigenvalue weighted by molar-refractivity contribution is 7.09. The number of carbonyl (C=O) groups is 1. The maximum Gasteiger partial charge on any atom is 0.273 e. The molecule has 1 N–H and O–H groups in total. The number of piperazine rings is 1. The molecule has 0 saturated carbocycles. The van der Waals surface area contributed by atoms with Crippen LogP contribution in [0.1, 0.15) is 28.0 Å². The van der Waals surface area contributed by atoms with Crippen molar-refractivity contribution in [2.45, 2.75) is 19.4 Å². The Kier molecular flexibility index (Phi) is 8.09. The Bertz CT molecular complexity index is 683. The highest BCUT2D eigenvalue weighted by atomic mass is 35.5. The quantitative estimate of drug-likeness (QED) is 0.873. The standard InChI is InChI=1S/C16H18FN3OS.2ClH/c1-11-9-18-6-7-20(11)16(21)14-10-22-15(19-14)8-12-4-2-3-5-13(12)17;;/h2-5,10-11,18H,6-9H2,1H3;2*1H/t11-;;/m1../s1. The number of rotatable bonds is 3. The molecule has 8 heteroatoms. The molecule has 1 saturated heterocycles. The minimum atomic E-state index is -0.235. The van der Waals surface area contributed by atoms with Crippen LogP contribution in [0.4, 0.5) is 4.39 Å². The van der Waals surface area contributed by atoms with E-state index in [9.17, 15) is 9.18 Å². The number of benzene rings is 1. The van der Waals surface area contributed by atoms with Gasteiger partial charge in [-0.25, -0.2) is 9.37 Å². The molecule has 1 aromatic carbocycles. The maximum atomic E-state index is 13.7. The van der Waals surface area contributed by atoms with Gasteiger partial charge in [0, 0.05) is 37.5 Å². The van der Waals surface area contributed by atoms with E-state index in [2.05, 4.69) is 10.3 Å². The number of hydrogen-bond donors (Lipinski definition) is 1. The summed E-state index contributed by atoms with van der Waals surface area (Å²) >= 11 is 1.41. The molecule has 2 aromatic rings. The second kappa shape index (κ2) is 9.32. The number of nitrogens with one attached hydrogen (secondary N) is 1. The van der Waals surface area contributed by atoms with Crippen molar-refractivity contribution < 1.29 is 9.18 Å². The van der Waals surface area contributed by atoms with E-state index in [0.717, 1.165) is 18.1 Å². The number of halogens is 3. The summed E-state index contributed by atoms with van der Waals surface area (Å²) in [5.74, 6) is -0.272. The SMILES string of the molecule is C[C@@H]1CNCCN1C(=O)c1csc(Cc2ccccc2F)n1.Cl.Cl. The zero-order chi connectivity index (χ0) is 15.5. The van der Waals surface area contributed by atoms with Gasteiger partial charge in [0.2, 0.25) is 0 Å². The lowest BCUT2D eigenvalue weighted by atomic mass is 10.1. The van der Waals surface area contributed by atoms with Gasteiger partial charge in [-0.2, -0.15) is 0 Å². The summed E-state index contributed by atoms with van der Waals surface area (Å²) in [5, 5.41) is 5.79. The monoisotopic (exact) mass is 391 g/mol. The van der Waals surface area contributed by atoms with Crippen LogP contribution in [-0.2, 0) is 6.42 Å². The summed E-state index contributed by atoms with van der Waals surface area (Å²) in [4.78, 5) is 18.8. The molecule has 24 heavy (non-hydrogen) atoms. The van der Waals surface area contributed by atoms with E-state index in [1.807, 2.05) is 11.8 Å². The van der Waals surface area contributed by atoms with Crippen molar-refractivity contribution in [1.29, 1.82) is 0 Å². The number of thiazole rings is 1. The van der Waals surface area contributed by atoms with Crippen LogP contribution in [0.25, 0.3) is 0 Å². The molecule has 1 fully saturated rings. The van der Waals surface area contributed by atoms with Crippen LogP contribution < -0.4 is 5.32 Å². The highest BCUT2D eigenvalue weighted by Gasteiger charge is 2.25. The first kappa shape index (κ1) is 20.8. The molecule has 3 rings (SSSR count). The van der Waals surface area contributed by atoms with Gasteiger partial charge in [0.15, 0.2) is 0 Å². The van der Waals surface area contributed by atoms with Crippen LogP contribution in [0.2, 0.25) is 0 Å². The number of amides is 1. The van der Waals surface area contributed by atoms with Crippen LogP contribution >= 0.6 is 36.2 Å². The van der Waals surface area contributed by atoms with Crippen LogP contribution in [0.5, 0.6) is 0 Å². The fraction of sp³-hybridized carbons (Fsp3) is 0.375. The molecule has 0 bridgehead atoms. The molecule has 4 nitrogen and oxygen atoms in total. The molecule has 0 radical (unpaired) electrons. The van der Waals surface area contributed by atoms with Crippen LogP contribution in [0.15, 0.2) is 29.6 Å². The van der Waals surface area contributed by atoms with E-state index in [1.54, 1.807) is 23.6 Å². The zero-order valence-electron chi connectivity index (χ0n) is 13.2. The summed E-state index contributed by atoms with van der Waals surface area (Å²) in [6, 6.07) is 6.83. The van der Waals surface area contributed by atoms with Gasteiger partial charge in [0.1, 0.15) is 11.5 Å². The predicted octanol–water partition coefficient (Wildman–Crippen LogP) is 3.15. The Labute approximate surface area is 157 Å². The molecular weight excluding hydrogens is 372 g/mol. The van der Waals surface area contributed by atoms with Crippen molar-refractivity contribution in [3.05, 3.63) is 51.7 Å². The molecule has 1 aliphatic heterocycles. The molecule has 1 atom stereocenters. The molecule has 1 aliphatic rings. The van der Waals surface area contributed by atoms with Crippen molar-refractivity contribution in [1.82, 2.24) is 15.2 Å². The third-order valence-corrected chi connectivity index (χ3v) is 4.68. The van der Waals surface area contributed by atoms with E-state index >= 15 is 0 Å². The molecule has 132 valence electrons. The van der Waals surface area contributed by atoms with E-state index in [-0.39, 0.29) is 42.6 Å². The lowest BCUT2D eigenvalue weighted by Crippen LogP contribution is -2.52. The Hall–Kier alpha value is -1.21. The van der Waals surface area contributed by atoms with Crippen LogP contribution in [0, 0.1) is 5.82 Å². The topological polar surface area (TPSA) is 45.2 Å². The van der Waals surface area contributed by atoms with E-state index in [1.165, 1.54) is 17.4 Å². The predicted molar refractivity (Wildman–Crippen MR) is 99.2 cm³/mol. The third kappa shape index (κ3) is 4.66. The zero-order valence-corrected chi connectivity index (χ0v) is 15.6. The average Bonchev–Trinajstić information content (AvgIpc) is 2.98. The van der Waals surface area contributed by atoms with Gasteiger partial charge < -0.3 is 10.2 Å². The Morgan fingerprint density at radius 3 is 2.88 bits per heavy atom. The van der Waals surface area contributed by atoms with E-state index in [4.69, 9.17) is 0 Å². The summed E-state index contributed by atoms with van der Waals surface area (Å²) in [5.41, 5.74) is 1.07. The molecule has 0 aliphatic carbocycles. The first-order chi connectivity index (χ1) is 10.6. The lowest BCUT2D eigenvalue weighted by molar-refractivity contribution is 0.0650.